The third-order valence-corrected chi connectivity index (χ3v) is 5.54. The SMILES string of the molecule is COc1cc(C(=O)N2CCCC2c2ccncc2)cc(OC)c1OCc1ccccc1. The van der Waals surface area contributed by atoms with E-state index in [0.717, 1.165) is 24.0 Å². The molecule has 3 aromatic rings. The number of nitrogens with zero attached hydrogens (tertiary/aromatic N) is 2. The zero-order valence-electron chi connectivity index (χ0n) is 17.8. The molecule has 6 heteroatoms. The van der Waals surface area contributed by atoms with Crippen molar-refractivity contribution in [1.29, 1.82) is 0 Å². The fourth-order valence-corrected chi connectivity index (χ4v) is 3.98. The van der Waals surface area contributed by atoms with Crippen LogP contribution in [-0.2, 0) is 6.61 Å². The summed E-state index contributed by atoms with van der Waals surface area (Å²) >= 11 is 0. The normalized spacial score (nSPS) is 15.5. The lowest BCUT2D eigenvalue weighted by molar-refractivity contribution is 0.0734. The smallest absolute Gasteiger partial charge is 0.254 e. The number of hydrogen-bond donors (Lipinski definition) is 0. The van der Waals surface area contributed by atoms with Crippen molar-refractivity contribution in [1.82, 2.24) is 9.88 Å². The van der Waals surface area contributed by atoms with Crippen molar-refractivity contribution in [3.63, 3.8) is 0 Å². The van der Waals surface area contributed by atoms with Gasteiger partial charge in [-0.1, -0.05) is 30.3 Å². The minimum atomic E-state index is -0.0504. The zero-order chi connectivity index (χ0) is 21.6. The Morgan fingerprint density at radius 1 is 1.03 bits per heavy atom. The number of benzene rings is 2. The number of likely N-dealkylation sites (tertiary alicyclic amines) is 1. The second-order valence-corrected chi connectivity index (χ2v) is 7.42. The highest BCUT2D eigenvalue weighted by molar-refractivity contribution is 5.96. The molecule has 160 valence electrons. The maximum atomic E-state index is 13.4. The second kappa shape index (κ2) is 9.51. The Kier molecular flexibility index (Phi) is 6.36. The molecule has 1 amide bonds. The largest absolute Gasteiger partial charge is 0.493 e. The van der Waals surface area contributed by atoms with Crippen molar-refractivity contribution < 1.29 is 19.0 Å². The van der Waals surface area contributed by atoms with Crippen LogP contribution < -0.4 is 14.2 Å². The summed E-state index contributed by atoms with van der Waals surface area (Å²) < 4.78 is 17.1. The van der Waals surface area contributed by atoms with E-state index < -0.39 is 0 Å². The summed E-state index contributed by atoms with van der Waals surface area (Å²) in [4.78, 5) is 19.4. The Hall–Kier alpha value is -3.54. The standard InChI is InChI=1S/C25H26N2O4/c1-29-22-15-20(16-23(30-2)24(22)31-17-18-7-4-3-5-8-18)25(28)27-14-6-9-21(27)19-10-12-26-13-11-19/h3-5,7-8,10-13,15-16,21H,6,9,14,17H2,1-2H3. The van der Waals surface area contributed by atoms with Gasteiger partial charge in [0.2, 0.25) is 5.75 Å². The fraction of sp³-hybridized carbons (Fsp3) is 0.280. The molecular weight excluding hydrogens is 392 g/mol. The van der Waals surface area contributed by atoms with Gasteiger partial charge in [0.05, 0.1) is 20.3 Å². The predicted molar refractivity (Wildman–Crippen MR) is 118 cm³/mol. The van der Waals surface area contributed by atoms with Crippen molar-refractivity contribution in [3.8, 4) is 17.2 Å². The molecule has 2 heterocycles. The molecule has 1 aromatic heterocycles. The maximum absolute atomic E-state index is 13.4. The molecule has 0 saturated carbocycles. The molecule has 1 atom stereocenters. The van der Waals surface area contributed by atoms with Crippen molar-refractivity contribution in [2.45, 2.75) is 25.5 Å². The van der Waals surface area contributed by atoms with E-state index in [-0.39, 0.29) is 11.9 Å². The number of aromatic nitrogens is 1. The molecule has 0 bridgehead atoms. The van der Waals surface area contributed by atoms with Gasteiger partial charge < -0.3 is 19.1 Å². The minimum Gasteiger partial charge on any atom is -0.493 e. The van der Waals surface area contributed by atoms with Crippen molar-refractivity contribution in [3.05, 3.63) is 83.7 Å². The molecule has 1 fully saturated rings. The Bertz CT molecular complexity index is 999. The number of carbonyl (C=O) groups is 1. The lowest BCUT2D eigenvalue weighted by Crippen LogP contribution is -2.30. The van der Waals surface area contributed by atoms with E-state index in [1.54, 1.807) is 38.7 Å². The van der Waals surface area contributed by atoms with E-state index in [2.05, 4.69) is 4.98 Å². The van der Waals surface area contributed by atoms with Crippen LogP contribution in [0.4, 0.5) is 0 Å². The third-order valence-electron chi connectivity index (χ3n) is 5.54. The van der Waals surface area contributed by atoms with Crippen LogP contribution in [0.15, 0.2) is 67.0 Å². The molecule has 2 aromatic carbocycles. The maximum Gasteiger partial charge on any atom is 0.254 e. The average molecular weight is 418 g/mol. The predicted octanol–water partition coefficient (Wildman–Crippen LogP) is 4.66. The van der Waals surface area contributed by atoms with Crippen LogP contribution in [0.1, 0.15) is 40.4 Å². The Balaban J connectivity index is 1.60. The van der Waals surface area contributed by atoms with Gasteiger partial charge >= 0.3 is 0 Å². The summed E-state index contributed by atoms with van der Waals surface area (Å²) in [6, 6.07) is 17.3. The number of hydrogen-bond acceptors (Lipinski definition) is 5. The molecule has 1 saturated heterocycles. The van der Waals surface area contributed by atoms with Crippen molar-refractivity contribution in [2.24, 2.45) is 0 Å². The van der Waals surface area contributed by atoms with Gasteiger partial charge in [0.1, 0.15) is 6.61 Å². The van der Waals surface area contributed by atoms with Crippen LogP contribution in [0, 0.1) is 0 Å². The van der Waals surface area contributed by atoms with Gasteiger partial charge in [0.15, 0.2) is 11.5 Å². The average Bonchev–Trinajstić information content (AvgIpc) is 3.33. The monoisotopic (exact) mass is 418 g/mol. The summed E-state index contributed by atoms with van der Waals surface area (Å²) in [5, 5.41) is 0. The summed E-state index contributed by atoms with van der Waals surface area (Å²) in [7, 11) is 3.13. The van der Waals surface area contributed by atoms with Crippen LogP contribution in [-0.4, -0.2) is 36.6 Å². The van der Waals surface area contributed by atoms with Crippen LogP contribution in [0.25, 0.3) is 0 Å². The highest BCUT2D eigenvalue weighted by atomic mass is 16.5. The zero-order valence-corrected chi connectivity index (χ0v) is 17.8. The van der Waals surface area contributed by atoms with Crippen molar-refractivity contribution >= 4 is 5.91 Å². The first-order valence-corrected chi connectivity index (χ1v) is 10.3. The quantitative estimate of drug-likeness (QED) is 0.559. The van der Waals surface area contributed by atoms with Crippen LogP contribution in [0.2, 0.25) is 0 Å². The summed E-state index contributed by atoms with van der Waals surface area (Å²) in [5.41, 5.74) is 2.65. The molecule has 4 rings (SSSR count). The fourth-order valence-electron chi connectivity index (χ4n) is 3.98. The molecular formula is C25H26N2O4. The van der Waals surface area contributed by atoms with Crippen LogP contribution in [0.5, 0.6) is 17.2 Å². The topological polar surface area (TPSA) is 60.9 Å². The first kappa shape index (κ1) is 20.7. The van der Waals surface area contributed by atoms with Gasteiger partial charge in [-0.3, -0.25) is 9.78 Å². The van der Waals surface area contributed by atoms with E-state index in [1.807, 2.05) is 47.4 Å². The molecule has 0 N–H and O–H groups in total. The van der Waals surface area contributed by atoms with Crippen LogP contribution >= 0.6 is 0 Å². The summed E-state index contributed by atoms with van der Waals surface area (Å²) in [6.07, 6.45) is 5.43. The highest BCUT2D eigenvalue weighted by Gasteiger charge is 2.31. The first-order chi connectivity index (χ1) is 15.2. The van der Waals surface area contributed by atoms with Gasteiger partial charge in [-0.2, -0.15) is 0 Å². The summed E-state index contributed by atoms with van der Waals surface area (Å²) in [6.45, 7) is 1.08. The molecule has 0 spiro atoms. The number of methoxy groups -OCH3 is 2. The van der Waals surface area contributed by atoms with Crippen molar-refractivity contribution in [2.75, 3.05) is 20.8 Å². The number of amides is 1. The minimum absolute atomic E-state index is 0.0431. The molecule has 31 heavy (non-hydrogen) atoms. The number of ether oxygens (including phenoxy) is 3. The van der Waals surface area contributed by atoms with Crippen LogP contribution in [0.3, 0.4) is 0 Å². The van der Waals surface area contributed by atoms with Gasteiger partial charge in [-0.05, 0) is 48.2 Å². The molecule has 0 radical (unpaired) electrons. The number of rotatable bonds is 7. The lowest BCUT2D eigenvalue weighted by Gasteiger charge is -2.26. The van der Waals surface area contributed by atoms with E-state index in [1.165, 1.54) is 0 Å². The molecule has 1 unspecified atom stereocenters. The van der Waals surface area contributed by atoms with E-state index in [4.69, 9.17) is 14.2 Å². The van der Waals surface area contributed by atoms with Gasteiger partial charge in [-0.15, -0.1) is 0 Å². The Morgan fingerprint density at radius 3 is 2.35 bits per heavy atom. The van der Waals surface area contributed by atoms with E-state index in [9.17, 15) is 4.79 Å². The third kappa shape index (κ3) is 4.48. The molecule has 1 aliphatic heterocycles. The summed E-state index contributed by atoms with van der Waals surface area (Å²) in [5.74, 6) is 1.37. The van der Waals surface area contributed by atoms with E-state index >= 15 is 0 Å². The highest BCUT2D eigenvalue weighted by Crippen LogP contribution is 2.40. The van der Waals surface area contributed by atoms with E-state index in [0.29, 0.717) is 36.0 Å². The molecule has 0 aliphatic carbocycles. The van der Waals surface area contributed by atoms with Gasteiger partial charge in [0, 0.05) is 24.5 Å². The Morgan fingerprint density at radius 2 is 1.71 bits per heavy atom. The number of pyridine rings is 1. The second-order valence-electron chi connectivity index (χ2n) is 7.42. The van der Waals surface area contributed by atoms with Gasteiger partial charge in [-0.25, -0.2) is 0 Å². The first-order valence-electron chi connectivity index (χ1n) is 10.3. The molecule has 6 nitrogen and oxygen atoms in total. The molecule has 1 aliphatic rings. The van der Waals surface area contributed by atoms with Gasteiger partial charge in [0.25, 0.3) is 5.91 Å². The lowest BCUT2D eigenvalue weighted by atomic mass is 10.1. The number of carbonyl (C=O) groups excluding carboxylic acids is 1. The Labute approximate surface area is 182 Å².